The highest BCUT2D eigenvalue weighted by Gasteiger charge is 2.35. The second-order valence-electron chi connectivity index (χ2n) is 4.78. The molecule has 3 nitrogen and oxygen atoms in total. The van der Waals surface area contributed by atoms with E-state index in [0.717, 1.165) is 18.8 Å². The molecule has 0 saturated heterocycles. The molecule has 0 radical (unpaired) electrons. The zero-order chi connectivity index (χ0) is 13.0. The number of carbonyl (C=O) groups is 1. The van der Waals surface area contributed by atoms with E-state index >= 15 is 0 Å². The van der Waals surface area contributed by atoms with Crippen LogP contribution in [0.15, 0.2) is 11.4 Å². The van der Waals surface area contributed by atoms with Crippen molar-refractivity contribution in [3.63, 3.8) is 0 Å². The number of nitrogens with one attached hydrogen (secondary N) is 2. The van der Waals surface area contributed by atoms with Crippen molar-refractivity contribution in [1.82, 2.24) is 5.32 Å². The normalized spacial score (nSPS) is 17.2. The summed E-state index contributed by atoms with van der Waals surface area (Å²) < 4.78 is 0.464. The van der Waals surface area contributed by atoms with Gasteiger partial charge < -0.3 is 10.6 Å². The van der Waals surface area contributed by atoms with Gasteiger partial charge in [0.2, 0.25) is 5.91 Å². The third-order valence-electron chi connectivity index (χ3n) is 3.49. The van der Waals surface area contributed by atoms with Gasteiger partial charge in [0, 0.05) is 29.6 Å². The molecule has 18 heavy (non-hydrogen) atoms. The standard InChI is InChI=1S/C13H20N2OS2/c1-10(16)15-11-4-7-18-12(11)8-14-9-13(17-2)5-3-6-13/h4,7,14H,3,5-6,8-9H2,1-2H3,(H,15,16). The van der Waals surface area contributed by atoms with Crippen LogP contribution in [0.2, 0.25) is 0 Å². The number of rotatable bonds is 6. The van der Waals surface area contributed by atoms with Crippen molar-refractivity contribution in [2.75, 3.05) is 18.1 Å². The average molecular weight is 284 g/mol. The van der Waals surface area contributed by atoms with E-state index in [0.29, 0.717) is 4.75 Å². The first-order valence-electron chi connectivity index (χ1n) is 6.25. The molecule has 1 aromatic rings. The smallest absolute Gasteiger partial charge is 0.221 e. The Hall–Kier alpha value is -0.520. The zero-order valence-corrected chi connectivity index (χ0v) is 12.5. The molecule has 100 valence electrons. The number of amides is 1. The lowest BCUT2D eigenvalue weighted by Gasteiger charge is -2.40. The summed E-state index contributed by atoms with van der Waals surface area (Å²) in [7, 11) is 0. The lowest BCUT2D eigenvalue weighted by Crippen LogP contribution is -2.43. The van der Waals surface area contributed by atoms with Crippen molar-refractivity contribution >= 4 is 34.7 Å². The van der Waals surface area contributed by atoms with Crippen molar-refractivity contribution in [2.24, 2.45) is 0 Å². The predicted molar refractivity (Wildman–Crippen MR) is 80.4 cm³/mol. The molecule has 1 fully saturated rings. The summed E-state index contributed by atoms with van der Waals surface area (Å²) in [6.07, 6.45) is 6.21. The molecule has 0 bridgehead atoms. The number of hydrogen-bond acceptors (Lipinski definition) is 4. The van der Waals surface area contributed by atoms with Crippen LogP contribution in [-0.4, -0.2) is 23.5 Å². The minimum Gasteiger partial charge on any atom is -0.325 e. The number of hydrogen-bond donors (Lipinski definition) is 2. The quantitative estimate of drug-likeness (QED) is 0.843. The van der Waals surface area contributed by atoms with E-state index in [-0.39, 0.29) is 5.91 Å². The first-order valence-corrected chi connectivity index (χ1v) is 8.35. The lowest BCUT2D eigenvalue weighted by atomic mass is 9.84. The molecule has 1 aliphatic rings. The fourth-order valence-corrected chi connectivity index (χ4v) is 3.95. The summed E-state index contributed by atoms with van der Waals surface area (Å²) in [5.74, 6) is -0.00535. The Labute approximate surface area is 117 Å². The van der Waals surface area contributed by atoms with Crippen LogP contribution in [0.25, 0.3) is 0 Å². The molecule has 1 heterocycles. The highest BCUT2D eigenvalue weighted by atomic mass is 32.2. The predicted octanol–water partition coefficient (Wildman–Crippen LogP) is 3.08. The van der Waals surface area contributed by atoms with Crippen LogP contribution in [-0.2, 0) is 11.3 Å². The van der Waals surface area contributed by atoms with Crippen LogP contribution in [0.1, 0.15) is 31.1 Å². The van der Waals surface area contributed by atoms with Crippen molar-refractivity contribution < 1.29 is 4.79 Å². The van der Waals surface area contributed by atoms with Crippen LogP contribution in [0.4, 0.5) is 5.69 Å². The maximum absolute atomic E-state index is 11.1. The van der Waals surface area contributed by atoms with Gasteiger partial charge in [-0.05, 0) is 30.5 Å². The molecule has 5 heteroatoms. The SMILES string of the molecule is CSC1(CNCc2sccc2NC(C)=O)CCC1. The Morgan fingerprint density at radius 2 is 2.33 bits per heavy atom. The van der Waals surface area contributed by atoms with Crippen LogP contribution in [0.3, 0.4) is 0 Å². The summed E-state index contributed by atoms with van der Waals surface area (Å²) >= 11 is 3.67. The van der Waals surface area contributed by atoms with E-state index in [1.165, 1.54) is 24.1 Å². The van der Waals surface area contributed by atoms with Gasteiger partial charge in [0.1, 0.15) is 0 Å². The Balaban J connectivity index is 1.83. The topological polar surface area (TPSA) is 41.1 Å². The number of anilines is 1. The molecule has 1 aromatic heterocycles. The van der Waals surface area contributed by atoms with Gasteiger partial charge >= 0.3 is 0 Å². The van der Waals surface area contributed by atoms with E-state index in [9.17, 15) is 4.79 Å². The minimum atomic E-state index is -0.00535. The second-order valence-corrected chi connectivity index (χ2v) is 7.06. The maximum atomic E-state index is 11.1. The first-order chi connectivity index (χ1) is 8.65. The third kappa shape index (κ3) is 3.28. The van der Waals surface area contributed by atoms with Gasteiger partial charge in [0.15, 0.2) is 0 Å². The Morgan fingerprint density at radius 1 is 1.56 bits per heavy atom. The molecule has 0 aliphatic heterocycles. The highest BCUT2D eigenvalue weighted by molar-refractivity contribution is 8.00. The van der Waals surface area contributed by atoms with Crippen LogP contribution in [0, 0.1) is 0 Å². The second kappa shape index (κ2) is 6.08. The Kier molecular flexibility index (Phi) is 4.70. The van der Waals surface area contributed by atoms with Gasteiger partial charge in [-0.15, -0.1) is 11.3 Å². The molecule has 0 aromatic carbocycles. The third-order valence-corrected chi connectivity index (χ3v) is 5.83. The molecule has 0 atom stereocenters. The van der Waals surface area contributed by atoms with Gasteiger partial charge in [0.05, 0.1) is 5.69 Å². The summed E-state index contributed by atoms with van der Waals surface area (Å²) in [4.78, 5) is 12.3. The van der Waals surface area contributed by atoms with Gasteiger partial charge in [-0.1, -0.05) is 6.42 Å². The Bertz CT molecular complexity index is 407. The zero-order valence-electron chi connectivity index (χ0n) is 10.9. The number of carbonyl (C=O) groups excluding carboxylic acids is 1. The number of thiophene rings is 1. The van der Waals surface area contributed by atoms with Crippen molar-refractivity contribution in [3.05, 3.63) is 16.3 Å². The fourth-order valence-electron chi connectivity index (χ4n) is 2.21. The van der Waals surface area contributed by atoms with E-state index in [4.69, 9.17) is 0 Å². The van der Waals surface area contributed by atoms with Gasteiger partial charge in [-0.3, -0.25) is 4.79 Å². The van der Waals surface area contributed by atoms with Gasteiger partial charge in [0.25, 0.3) is 0 Å². The van der Waals surface area contributed by atoms with E-state index in [1.807, 2.05) is 23.2 Å². The summed E-state index contributed by atoms with van der Waals surface area (Å²) in [5, 5.41) is 8.43. The fraction of sp³-hybridized carbons (Fsp3) is 0.615. The van der Waals surface area contributed by atoms with Crippen molar-refractivity contribution in [2.45, 2.75) is 37.5 Å². The molecular formula is C13H20N2OS2. The highest BCUT2D eigenvalue weighted by Crippen LogP contribution is 2.42. The molecule has 0 unspecified atom stereocenters. The summed E-state index contributed by atoms with van der Waals surface area (Å²) in [6, 6.07) is 1.97. The Morgan fingerprint density at radius 3 is 2.89 bits per heavy atom. The lowest BCUT2D eigenvalue weighted by molar-refractivity contribution is -0.114. The van der Waals surface area contributed by atoms with Gasteiger partial charge in [-0.2, -0.15) is 11.8 Å². The summed E-state index contributed by atoms with van der Waals surface area (Å²) in [6.45, 7) is 3.45. The molecule has 2 N–H and O–H groups in total. The van der Waals surface area contributed by atoms with Crippen LogP contribution in [0.5, 0.6) is 0 Å². The van der Waals surface area contributed by atoms with E-state index in [2.05, 4.69) is 16.9 Å². The number of thioether (sulfide) groups is 1. The van der Waals surface area contributed by atoms with Crippen LogP contribution >= 0.6 is 23.1 Å². The molecule has 1 saturated carbocycles. The van der Waals surface area contributed by atoms with E-state index < -0.39 is 0 Å². The van der Waals surface area contributed by atoms with Crippen molar-refractivity contribution in [3.8, 4) is 0 Å². The average Bonchev–Trinajstić information content (AvgIpc) is 2.69. The maximum Gasteiger partial charge on any atom is 0.221 e. The first kappa shape index (κ1) is 13.9. The monoisotopic (exact) mass is 284 g/mol. The molecular weight excluding hydrogens is 264 g/mol. The van der Waals surface area contributed by atoms with Crippen LogP contribution < -0.4 is 10.6 Å². The van der Waals surface area contributed by atoms with E-state index in [1.54, 1.807) is 18.3 Å². The molecule has 1 aliphatic carbocycles. The largest absolute Gasteiger partial charge is 0.325 e. The van der Waals surface area contributed by atoms with Gasteiger partial charge in [-0.25, -0.2) is 0 Å². The molecule has 2 rings (SSSR count). The summed E-state index contributed by atoms with van der Waals surface area (Å²) in [5.41, 5.74) is 0.951. The van der Waals surface area contributed by atoms with Crippen molar-refractivity contribution in [1.29, 1.82) is 0 Å². The molecule has 1 amide bonds. The molecule has 0 spiro atoms. The minimum absolute atomic E-state index is 0.00535.